The lowest BCUT2D eigenvalue weighted by Crippen LogP contribution is -2.24. The average molecular weight is 462 g/mol. The molecule has 166 valence electrons. The average Bonchev–Trinajstić information content (AvgIpc) is 2.68. The van der Waals surface area contributed by atoms with Crippen molar-refractivity contribution in [3.8, 4) is 11.1 Å². The van der Waals surface area contributed by atoms with E-state index in [9.17, 15) is 36.6 Å². The standard InChI is InChI=1S/C19H15F5N2O4S/c1-30-9(6-27)7-31-16-14(10-3-2-8(20)4-13(10)21)12(19(22,23)24)5-11-15(16)25-18(29)26-17(11)28/h2-5,9,27H,6-7H2,1H3,(H2,25,26,28,29)/t9-/m1/s1. The van der Waals surface area contributed by atoms with Crippen molar-refractivity contribution in [2.45, 2.75) is 17.2 Å². The van der Waals surface area contributed by atoms with Crippen molar-refractivity contribution in [1.29, 1.82) is 0 Å². The maximum atomic E-state index is 14.6. The molecule has 0 aliphatic carbocycles. The van der Waals surface area contributed by atoms with Gasteiger partial charge in [0.05, 0.1) is 29.2 Å². The van der Waals surface area contributed by atoms with Crippen molar-refractivity contribution in [2.24, 2.45) is 0 Å². The molecule has 0 aliphatic rings. The summed E-state index contributed by atoms with van der Waals surface area (Å²) in [7, 11) is 1.28. The number of aliphatic hydroxyl groups excluding tert-OH is 1. The Hall–Kier alpha value is -2.70. The summed E-state index contributed by atoms with van der Waals surface area (Å²) in [4.78, 5) is 27.9. The summed E-state index contributed by atoms with van der Waals surface area (Å²) in [5.41, 5.74) is -4.88. The number of ether oxygens (including phenoxy) is 1. The zero-order valence-electron chi connectivity index (χ0n) is 15.8. The predicted octanol–water partition coefficient (Wildman–Crippen LogP) is 3.28. The van der Waals surface area contributed by atoms with Crippen LogP contribution >= 0.6 is 11.8 Å². The highest BCUT2D eigenvalue weighted by Gasteiger charge is 2.37. The van der Waals surface area contributed by atoms with Gasteiger partial charge in [-0.15, -0.1) is 11.8 Å². The molecule has 0 bridgehead atoms. The van der Waals surface area contributed by atoms with Crippen molar-refractivity contribution >= 4 is 22.7 Å². The van der Waals surface area contributed by atoms with Crippen LogP contribution in [0.25, 0.3) is 22.0 Å². The smallest absolute Gasteiger partial charge is 0.394 e. The minimum atomic E-state index is -5.01. The molecule has 3 N–H and O–H groups in total. The highest BCUT2D eigenvalue weighted by atomic mass is 32.2. The Morgan fingerprint density at radius 2 is 1.87 bits per heavy atom. The molecule has 12 heteroatoms. The number of aromatic amines is 2. The molecule has 0 aliphatic heterocycles. The van der Waals surface area contributed by atoms with Gasteiger partial charge in [-0.1, -0.05) is 0 Å². The van der Waals surface area contributed by atoms with Gasteiger partial charge in [-0.25, -0.2) is 13.6 Å². The minimum Gasteiger partial charge on any atom is -0.394 e. The first kappa shape index (κ1) is 23.0. The molecule has 1 heterocycles. The van der Waals surface area contributed by atoms with E-state index in [1.165, 1.54) is 7.11 Å². The van der Waals surface area contributed by atoms with Crippen LogP contribution in [-0.4, -0.2) is 40.6 Å². The summed E-state index contributed by atoms with van der Waals surface area (Å²) in [6, 6.07) is 2.58. The van der Waals surface area contributed by atoms with Crippen molar-refractivity contribution in [1.82, 2.24) is 9.97 Å². The lowest BCUT2D eigenvalue weighted by Gasteiger charge is -2.20. The van der Waals surface area contributed by atoms with Gasteiger partial charge in [0, 0.05) is 35.0 Å². The highest BCUT2D eigenvalue weighted by molar-refractivity contribution is 7.99. The van der Waals surface area contributed by atoms with Crippen molar-refractivity contribution in [3.63, 3.8) is 0 Å². The fraction of sp³-hybridized carbons (Fsp3) is 0.263. The second-order valence-electron chi connectivity index (χ2n) is 6.43. The predicted molar refractivity (Wildman–Crippen MR) is 104 cm³/mol. The largest absolute Gasteiger partial charge is 0.417 e. The first-order chi connectivity index (χ1) is 14.6. The first-order valence-corrected chi connectivity index (χ1v) is 9.67. The van der Waals surface area contributed by atoms with Crippen LogP contribution in [0.1, 0.15) is 5.56 Å². The lowest BCUT2D eigenvalue weighted by atomic mass is 9.96. The second-order valence-corrected chi connectivity index (χ2v) is 7.46. The number of hydrogen-bond acceptors (Lipinski definition) is 5. The van der Waals surface area contributed by atoms with Crippen molar-refractivity contribution in [2.75, 3.05) is 19.5 Å². The molecule has 2 aromatic carbocycles. The van der Waals surface area contributed by atoms with E-state index >= 15 is 0 Å². The number of aromatic nitrogens is 2. The van der Waals surface area contributed by atoms with Gasteiger partial charge in [-0.05, 0) is 18.2 Å². The molecule has 3 rings (SSSR count). The topological polar surface area (TPSA) is 95.2 Å². The molecule has 0 unspecified atom stereocenters. The molecule has 0 saturated carbocycles. The number of H-pyrrole nitrogens is 2. The van der Waals surface area contributed by atoms with Crippen LogP contribution in [0.5, 0.6) is 0 Å². The Kier molecular flexibility index (Phi) is 6.53. The van der Waals surface area contributed by atoms with E-state index in [0.29, 0.717) is 12.1 Å². The molecule has 6 nitrogen and oxygen atoms in total. The number of thioether (sulfide) groups is 1. The van der Waals surface area contributed by atoms with E-state index < -0.39 is 63.8 Å². The number of rotatable bonds is 6. The van der Waals surface area contributed by atoms with E-state index in [1.807, 2.05) is 4.98 Å². The molecule has 0 fully saturated rings. The Morgan fingerprint density at radius 3 is 2.45 bits per heavy atom. The second kappa shape index (κ2) is 8.81. The third kappa shape index (κ3) is 4.65. The van der Waals surface area contributed by atoms with Gasteiger partial charge >= 0.3 is 11.9 Å². The van der Waals surface area contributed by atoms with Gasteiger partial charge in [-0.2, -0.15) is 13.2 Å². The summed E-state index contributed by atoms with van der Waals surface area (Å²) >= 11 is 0.721. The molecule has 1 atom stereocenters. The van der Waals surface area contributed by atoms with Gasteiger partial charge in [-0.3, -0.25) is 9.78 Å². The van der Waals surface area contributed by atoms with Crippen LogP contribution in [0, 0.1) is 11.6 Å². The Balaban J connectivity index is 2.45. The normalized spacial score (nSPS) is 13.0. The van der Waals surface area contributed by atoms with Gasteiger partial charge in [0.1, 0.15) is 11.6 Å². The number of benzene rings is 2. The summed E-state index contributed by atoms with van der Waals surface area (Å²) in [6.07, 6.45) is -5.81. The SMILES string of the molecule is CO[C@H](CO)CSc1c(-c2ccc(F)cc2F)c(C(F)(F)F)cc2c(=O)[nH]c(=O)[nH]c12. The molecule has 1 aromatic heterocycles. The lowest BCUT2D eigenvalue weighted by molar-refractivity contribution is -0.137. The summed E-state index contributed by atoms with van der Waals surface area (Å²) in [5, 5.41) is 8.84. The monoisotopic (exact) mass is 462 g/mol. The Morgan fingerprint density at radius 1 is 1.16 bits per heavy atom. The van der Waals surface area contributed by atoms with E-state index in [0.717, 1.165) is 23.9 Å². The molecular weight excluding hydrogens is 447 g/mol. The van der Waals surface area contributed by atoms with Crippen LogP contribution in [0.4, 0.5) is 22.0 Å². The Labute approximate surface area is 175 Å². The van der Waals surface area contributed by atoms with Crippen molar-refractivity contribution < 1.29 is 31.8 Å². The van der Waals surface area contributed by atoms with Gasteiger partial charge in [0.25, 0.3) is 5.56 Å². The number of alkyl halides is 3. The van der Waals surface area contributed by atoms with Crippen LogP contribution in [-0.2, 0) is 10.9 Å². The van der Waals surface area contributed by atoms with Crippen molar-refractivity contribution in [3.05, 3.63) is 62.3 Å². The van der Waals surface area contributed by atoms with Crippen LogP contribution < -0.4 is 11.2 Å². The molecule has 0 amide bonds. The Bertz CT molecular complexity index is 1230. The number of nitrogens with one attached hydrogen (secondary N) is 2. The maximum absolute atomic E-state index is 14.6. The van der Waals surface area contributed by atoms with Crippen LogP contribution in [0.2, 0.25) is 0 Å². The van der Waals surface area contributed by atoms with Gasteiger partial charge < -0.3 is 14.8 Å². The first-order valence-electron chi connectivity index (χ1n) is 8.69. The van der Waals surface area contributed by atoms with Crippen LogP contribution in [0.15, 0.2) is 38.8 Å². The quantitative estimate of drug-likeness (QED) is 0.386. The van der Waals surface area contributed by atoms with E-state index in [-0.39, 0.29) is 16.2 Å². The number of methoxy groups -OCH3 is 1. The summed E-state index contributed by atoms with van der Waals surface area (Å²) < 4.78 is 74.8. The van der Waals surface area contributed by atoms with Gasteiger partial charge in [0.15, 0.2) is 0 Å². The molecule has 0 saturated heterocycles. The summed E-state index contributed by atoms with van der Waals surface area (Å²) in [5.74, 6) is -2.34. The third-order valence-corrected chi connectivity index (χ3v) is 5.68. The number of hydrogen-bond donors (Lipinski definition) is 3. The number of halogens is 5. The third-order valence-electron chi connectivity index (χ3n) is 4.45. The highest BCUT2D eigenvalue weighted by Crippen LogP contribution is 2.45. The summed E-state index contributed by atoms with van der Waals surface area (Å²) in [6.45, 7) is -0.461. The number of fused-ring (bicyclic) bond motifs is 1. The number of aliphatic hydroxyl groups is 1. The molecule has 31 heavy (non-hydrogen) atoms. The molecule has 0 radical (unpaired) electrons. The van der Waals surface area contributed by atoms with E-state index in [4.69, 9.17) is 4.74 Å². The fourth-order valence-electron chi connectivity index (χ4n) is 2.98. The maximum Gasteiger partial charge on any atom is 0.417 e. The molecule has 3 aromatic rings. The van der Waals surface area contributed by atoms with E-state index in [2.05, 4.69) is 4.98 Å². The van der Waals surface area contributed by atoms with E-state index in [1.54, 1.807) is 0 Å². The minimum absolute atomic E-state index is 0.0892. The molecular formula is C19H15F5N2O4S. The fourth-order valence-corrected chi connectivity index (χ4v) is 4.24. The molecule has 0 spiro atoms. The van der Waals surface area contributed by atoms with Gasteiger partial charge in [0.2, 0.25) is 0 Å². The van der Waals surface area contributed by atoms with Crippen LogP contribution in [0.3, 0.4) is 0 Å². The zero-order valence-corrected chi connectivity index (χ0v) is 16.6. The zero-order chi connectivity index (χ0) is 22.9.